The molecule has 3 rings (SSSR count). The zero-order chi connectivity index (χ0) is 14.8. The first-order chi connectivity index (χ1) is 10.2. The standard InChI is InChI=1S/C16H13ClNO2S.BrH/c1-20-16(19)15(12-4-2-3-5-13(12)17)18-8-6-14-11(10-18)7-9-21-14;/h2-10,15H,1H3;1H/q+1;/p-1/t15-;/m0./s1. The number of aromatic nitrogens is 1. The number of carbonyl (C=O) groups excluding carboxylic acids is 1. The highest BCUT2D eigenvalue weighted by Gasteiger charge is 2.32. The van der Waals surface area contributed by atoms with Crippen LogP contribution >= 0.6 is 22.9 Å². The zero-order valence-corrected chi connectivity index (χ0v) is 14.9. The van der Waals surface area contributed by atoms with E-state index in [4.69, 9.17) is 16.3 Å². The fourth-order valence-corrected chi connectivity index (χ4v) is 3.31. The molecular formula is C16H13BrClNO2S. The minimum absolute atomic E-state index is 0. The van der Waals surface area contributed by atoms with Gasteiger partial charge in [-0.15, -0.1) is 11.3 Å². The molecule has 1 aromatic carbocycles. The van der Waals surface area contributed by atoms with Crippen molar-refractivity contribution < 1.29 is 31.1 Å². The van der Waals surface area contributed by atoms with E-state index in [9.17, 15) is 4.79 Å². The molecule has 114 valence electrons. The van der Waals surface area contributed by atoms with E-state index in [0.29, 0.717) is 5.02 Å². The lowest BCUT2D eigenvalue weighted by Crippen LogP contribution is -3.00. The number of hydrogen-bond donors (Lipinski definition) is 0. The molecule has 1 atom stereocenters. The number of carbonyl (C=O) groups is 1. The largest absolute Gasteiger partial charge is 1.00 e. The van der Waals surface area contributed by atoms with Crippen LogP contribution < -0.4 is 21.5 Å². The Labute approximate surface area is 147 Å². The average molecular weight is 399 g/mol. The molecule has 0 unspecified atom stereocenters. The number of thiophene rings is 1. The molecule has 3 aromatic rings. The van der Waals surface area contributed by atoms with Crippen LogP contribution in [0.3, 0.4) is 0 Å². The number of pyridine rings is 1. The van der Waals surface area contributed by atoms with Gasteiger partial charge in [0.15, 0.2) is 12.4 Å². The number of hydrogen-bond acceptors (Lipinski definition) is 3. The van der Waals surface area contributed by atoms with Gasteiger partial charge in [0.1, 0.15) is 0 Å². The van der Waals surface area contributed by atoms with Crippen molar-refractivity contribution in [1.29, 1.82) is 0 Å². The summed E-state index contributed by atoms with van der Waals surface area (Å²) in [5, 5.41) is 3.66. The summed E-state index contributed by atoms with van der Waals surface area (Å²) in [6, 6.07) is 10.7. The van der Waals surface area contributed by atoms with E-state index in [1.54, 1.807) is 17.4 Å². The summed E-state index contributed by atoms with van der Waals surface area (Å²) in [5.41, 5.74) is 0.727. The maximum Gasteiger partial charge on any atom is 0.380 e. The molecule has 3 nitrogen and oxygen atoms in total. The van der Waals surface area contributed by atoms with Gasteiger partial charge in [-0.1, -0.05) is 29.8 Å². The van der Waals surface area contributed by atoms with Crippen LogP contribution in [0.1, 0.15) is 11.6 Å². The molecule has 2 heterocycles. The minimum Gasteiger partial charge on any atom is -1.00 e. The van der Waals surface area contributed by atoms with Gasteiger partial charge >= 0.3 is 5.97 Å². The molecule has 0 amide bonds. The number of ether oxygens (including phenoxy) is 1. The molecule has 0 saturated carbocycles. The summed E-state index contributed by atoms with van der Waals surface area (Å²) < 4.78 is 7.96. The van der Waals surface area contributed by atoms with Crippen molar-refractivity contribution in [3.05, 3.63) is 64.8 Å². The average Bonchev–Trinajstić information content (AvgIpc) is 2.97. The van der Waals surface area contributed by atoms with E-state index in [1.807, 2.05) is 52.7 Å². The SMILES string of the molecule is COC(=O)[C@H](c1ccccc1Cl)[n+]1ccc2sccc2c1.[Br-]. The van der Waals surface area contributed by atoms with Crippen molar-refractivity contribution >= 4 is 39.0 Å². The first kappa shape index (κ1) is 16.9. The molecular weight excluding hydrogens is 386 g/mol. The molecule has 0 aliphatic carbocycles. The third kappa shape index (κ3) is 3.16. The molecule has 0 aliphatic heterocycles. The summed E-state index contributed by atoms with van der Waals surface area (Å²) in [6.45, 7) is 0. The van der Waals surface area contributed by atoms with Crippen LogP contribution in [0, 0.1) is 0 Å². The summed E-state index contributed by atoms with van der Waals surface area (Å²) in [4.78, 5) is 12.2. The maximum absolute atomic E-state index is 12.2. The van der Waals surface area contributed by atoms with Gasteiger partial charge in [-0.2, -0.15) is 4.57 Å². The minimum atomic E-state index is -0.590. The first-order valence-electron chi connectivity index (χ1n) is 6.41. The third-order valence-corrected chi connectivity index (χ3v) is 4.58. The Morgan fingerprint density at radius 1 is 1.27 bits per heavy atom. The van der Waals surface area contributed by atoms with E-state index in [-0.39, 0.29) is 23.0 Å². The highest BCUT2D eigenvalue weighted by molar-refractivity contribution is 7.17. The second-order valence-corrected chi connectivity index (χ2v) is 5.93. The number of fused-ring (bicyclic) bond motifs is 1. The van der Waals surface area contributed by atoms with Crippen LogP contribution in [0.25, 0.3) is 10.1 Å². The predicted octanol–water partition coefficient (Wildman–Crippen LogP) is 0.609. The van der Waals surface area contributed by atoms with Crippen LogP contribution in [0.4, 0.5) is 0 Å². The van der Waals surface area contributed by atoms with Crippen molar-refractivity contribution in [3.63, 3.8) is 0 Å². The summed E-state index contributed by atoms with van der Waals surface area (Å²) in [7, 11) is 1.38. The van der Waals surface area contributed by atoms with Gasteiger partial charge in [0, 0.05) is 10.8 Å². The Morgan fingerprint density at radius 2 is 2.05 bits per heavy atom. The monoisotopic (exact) mass is 397 g/mol. The molecule has 0 aliphatic rings. The van der Waals surface area contributed by atoms with Crippen LogP contribution in [0.5, 0.6) is 0 Å². The summed E-state index contributed by atoms with van der Waals surface area (Å²) in [5.74, 6) is -0.345. The number of nitrogens with zero attached hydrogens (tertiary/aromatic N) is 1. The van der Waals surface area contributed by atoms with Crippen LogP contribution in [0.15, 0.2) is 54.2 Å². The van der Waals surface area contributed by atoms with Crippen molar-refractivity contribution in [1.82, 2.24) is 0 Å². The van der Waals surface area contributed by atoms with Crippen molar-refractivity contribution in [3.8, 4) is 0 Å². The topological polar surface area (TPSA) is 30.2 Å². The van der Waals surface area contributed by atoms with E-state index < -0.39 is 6.04 Å². The van der Waals surface area contributed by atoms with E-state index in [0.717, 1.165) is 10.9 Å². The zero-order valence-electron chi connectivity index (χ0n) is 11.7. The lowest BCUT2D eigenvalue weighted by Gasteiger charge is -2.12. The van der Waals surface area contributed by atoms with Gasteiger partial charge in [0.2, 0.25) is 0 Å². The van der Waals surface area contributed by atoms with E-state index in [2.05, 4.69) is 0 Å². The van der Waals surface area contributed by atoms with Gasteiger partial charge in [-0.05, 0) is 17.5 Å². The van der Waals surface area contributed by atoms with E-state index >= 15 is 0 Å². The maximum atomic E-state index is 12.2. The summed E-state index contributed by atoms with van der Waals surface area (Å²) >= 11 is 7.91. The number of benzene rings is 1. The van der Waals surface area contributed by atoms with Crippen LogP contribution in [-0.2, 0) is 9.53 Å². The Kier molecular flexibility index (Phi) is 5.56. The van der Waals surface area contributed by atoms with E-state index in [1.165, 1.54) is 11.8 Å². The quantitative estimate of drug-likeness (QED) is 0.478. The Balaban J connectivity index is 0.00000176. The lowest BCUT2D eigenvalue weighted by atomic mass is 10.1. The van der Waals surface area contributed by atoms with Gasteiger partial charge < -0.3 is 21.7 Å². The lowest BCUT2D eigenvalue weighted by molar-refractivity contribution is -0.700. The van der Waals surface area contributed by atoms with Crippen molar-refractivity contribution in [2.75, 3.05) is 7.11 Å². The van der Waals surface area contributed by atoms with Gasteiger partial charge in [-0.25, -0.2) is 4.79 Å². The van der Waals surface area contributed by atoms with Crippen molar-refractivity contribution in [2.24, 2.45) is 0 Å². The fraction of sp³-hybridized carbons (Fsp3) is 0.125. The normalized spacial score (nSPS) is 11.7. The summed E-state index contributed by atoms with van der Waals surface area (Å²) in [6.07, 6.45) is 3.82. The predicted molar refractivity (Wildman–Crippen MR) is 83.6 cm³/mol. The fourth-order valence-electron chi connectivity index (χ4n) is 2.31. The smallest absolute Gasteiger partial charge is 0.380 e. The molecule has 0 radical (unpaired) electrons. The molecule has 0 bridgehead atoms. The van der Waals surface area contributed by atoms with Gasteiger partial charge in [0.25, 0.3) is 6.04 Å². The highest BCUT2D eigenvalue weighted by atomic mass is 79.9. The van der Waals surface area contributed by atoms with Gasteiger partial charge in [-0.3, -0.25) is 0 Å². The Hall–Kier alpha value is -1.43. The van der Waals surface area contributed by atoms with Gasteiger partial charge in [0.05, 0.1) is 23.1 Å². The molecule has 0 saturated heterocycles. The second kappa shape index (κ2) is 7.22. The van der Waals surface area contributed by atoms with Crippen LogP contribution in [0.2, 0.25) is 5.02 Å². The molecule has 22 heavy (non-hydrogen) atoms. The second-order valence-electron chi connectivity index (χ2n) is 4.58. The van der Waals surface area contributed by atoms with Crippen LogP contribution in [-0.4, -0.2) is 13.1 Å². The third-order valence-electron chi connectivity index (χ3n) is 3.34. The number of rotatable bonds is 3. The number of esters is 1. The van der Waals surface area contributed by atoms with Crippen molar-refractivity contribution in [2.45, 2.75) is 6.04 Å². The molecule has 0 spiro atoms. The highest BCUT2D eigenvalue weighted by Crippen LogP contribution is 2.25. The first-order valence-corrected chi connectivity index (χ1v) is 7.66. The Bertz CT molecular complexity index is 805. The molecule has 6 heteroatoms. The molecule has 0 fully saturated rings. The molecule has 2 aromatic heterocycles. The Morgan fingerprint density at radius 3 is 2.77 bits per heavy atom. The number of methoxy groups -OCH3 is 1. The number of halogens is 2. The molecule has 0 N–H and O–H groups in total.